The molecular weight excluding hydrogens is 304 g/mol. The van der Waals surface area contributed by atoms with Crippen molar-refractivity contribution in [3.8, 4) is 0 Å². The van der Waals surface area contributed by atoms with Gasteiger partial charge in [-0.15, -0.1) is 0 Å². The summed E-state index contributed by atoms with van der Waals surface area (Å²) in [5.74, 6) is -0.249. The molecule has 0 aliphatic rings. The molecule has 0 bridgehead atoms. The third-order valence-corrected chi connectivity index (χ3v) is 3.33. The first-order chi connectivity index (χ1) is 10.4. The molecule has 22 heavy (non-hydrogen) atoms. The van der Waals surface area contributed by atoms with Gasteiger partial charge in [0.05, 0.1) is 6.61 Å². The fraction of sp³-hybridized carbons (Fsp3) is 0.500. The van der Waals surface area contributed by atoms with Gasteiger partial charge in [0.1, 0.15) is 6.04 Å². The minimum Gasteiger partial charge on any atom is -0.450 e. The second-order valence-electron chi connectivity index (χ2n) is 5.26. The van der Waals surface area contributed by atoms with Crippen LogP contribution in [0.15, 0.2) is 24.3 Å². The molecule has 2 amide bonds. The highest BCUT2D eigenvalue weighted by Crippen LogP contribution is 2.10. The smallest absolute Gasteiger partial charge is 0.407 e. The van der Waals surface area contributed by atoms with Crippen LogP contribution in [-0.4, -0.2) is 31.2 Å². The van der Waals surface area contributed by atoms with E-state index in [1.54, 1.807) is 6.92 Å². The first-order valence-corrected chi connectivity index (χ1v) is 7.77. The van der Waals surface area contributed by atoms with Crippen LogP contribution in [0.25, 0.3) is 0 Å². The number of ether oxygens (including phenoxy) is 1. The Morgan fingerprint density at radius 2 is 2.05 bits per heavy atom. The van der Waals surface area contributed by atoms with Crippen LogP contribution in [0.4, 0.5) is 4.79 Å². The molecule has 1 aromatic rings. The molecule has 1 rings (SSSR count). The predicted molar refractivity (Wildman–Crippen MR) is 86.9 cm³/mol. The van der Waals surface area contributed by atoms with Gasteiger partial charge in [0.2, 0.25) is 5.91 Å². The van der Waals surface area contributed by atoms with Crippen LogP contribution < -0.4 is 10.6 Å². The number of hydrogen-bond donors (Lipinski definition) is 2. The molecule has 2 N–H and O–H groups in total. The quantitative estimate of drug-likeness (QED) is 0.809. The fourth-order valence-corrected chi connectivity index (χ4v) is 2.18. The van der Waals surface area contributed by atoms with Crippen LogP contribution in [0.3, 0.4) is 0 Å². The van der Waals surface area contributed by atoms with Crippen molar-refractivity contribution in [2.45, 2.75) is 33.2 Å². The number of hydrogen-bond acceptors (Lipinski definition) is 3. The Morgan fingerprint density at radius 1 is 1.32 bits per heavy atom. The molecule has 122 valence electrons. The van der Waals surface area contributed by atoms with Crippen LogP contribution in [-0.2, 0) is 16.0 Å². The van der Waals surface area contributed by atoms with Gasteiger partial charge in [-0.05, 0) is 37.0 Å². The van der Waals surface area contributed by atoms with E-state index in [-0.39, 0.29) is 18.4 Å². The molecule has 1 aromatic carbocycles. The first-order valence-electron chi connectivity index (χ1n) is 7.39. The van der Waals surface area contributed by atoms with E-state index >= 15 is 0 Å². The largest absolute Gasteiger partial charge is 0.450 e. The second kappa shape index (κ2) is 9.30. The van der Waals surface area contributed by atoms with Crippen molar-refractivity contribution >= 4 is 23.6 Å². The number of rotatable bonds is 7. The van der Waals surface area contributed by atoms with Crippen LogP contribution in [0.2, 0.25) is 5.02 Å². The normalized spacial score (nSPS) is 11.9. The van der Waals surface area contributed by atoms with Crippen molar-refractivity contribution in [2.24, 2.45) is 5.92 Å². The lowest BCUT2D eigenvalue weighted by Crippen LogP contribution is -2.50. The zero-order valence-electron chi connectivity index (χ0n) is 13.2. The molecule has 6 heteroatoms. The fourth-order valence-electron chi connectivity index (χ4n) is 1.97. The Balaban J connectivity index is 2.48. The lowest BCUT2D eigenvalue weighted by molar-refractivity contribution is -0.124. The highest BCUT2D eigenvalue weighted by atomic mass is 35.5. The summed E-state index contributed by atoms with van der Waals surface area (Å²) in [7, 11) is 0. The summed E-state index contributed by atoms with van der Waals surface area (Å²) < 4.78 is 4.81. The molecule has 1 atom stereocenters. The number of nitrogens with one attached hydrogen (secondary N) is 2. The molecule has 0 unspecified atom stereocenters. The van der Waals surface area contributed by atoms with E-state index in [1.165, 1.54) is 0 Å². The van der Waals surface area contributed by atoms with Crippen molar-refractivity contribution in [1.29, 1.82) is 0 Å². The van der Waals surface area contributed by atoms with Crippen molar-refractivity contribution in [3.63, 3.8) is 0 Å². The van der Waals surface area contributed by atoms with E-state index in [4.69, 9.17) is 16.3 Å². The highest BCUT2D eigenvalue weighted by molar-refractivity contribution is 6.30. The summed E-state index contributed by atoms with van der Waals surface area (Å²) in [5.41, 5.74) is 1.05. The molecule has 0 saturated carbocycles. The maximum absolute atomic E-state index is 12.2. The van der Waals surface area contributed by atoms with Crippen molar-refractivity contribution in [1.82, 2.24) is 10.6 Å². The first kappa shape index (κ1) is 18.3. The minimum atomic E-state index is -0.613. The zero-order valence-corrected chi connectivity index (χ0v) is 13.9. The van der Waals surface area contributed by atoms with E-state index in [2.05, 4.69) is 10.6 Å². The average molecular weight is 327 g/mol. The van der Waals surface area contributed by atoms with E-state index in [0.717, 1.165) is 5.56 Å². The molecule has 0 aliphatic heterocycles. The molecule has 0 aliphatic carbocycles. The molecule has 0 fully saturated rings. The predicted octanol–water partition coefficient (Wildman–Crippen LogP) is 2.77. The summed E-state index contributed by atoms with van der Waals surface area (Å²) in [6.45, 7) is 6.20. The summed E-state index contributed by atoms with van der Waals surface area (Å²) in [5, 5.41) is 6.08. The van der Waals surface area contributed by atoms with Gasteiger partial charge >= 0.3 is 6.09 Å². The number of alkyl carbamates (subject to hydrolysis) is 1. The minimum absolute atomic E-state index is 0.0319. The SMILES string of the molecule is CCOC(=O)N[C@@H](C(=O)NCCc1cccc(Cl)c1)C(C)C. The third-order valence-electron chi connectivity index (χ3n) is 3.10. The lowest BCUT2D eigenvalue weighted by atomic mass is 10.0. The number of halogens is 1. The average Bonchev–Trinajstić information content (AvgIpc) is 2.44. The van der Waals surface area contributed by atoms with E-state index in [1.807, 2.05) is 38.1 Å². The van der Waals surface area contributed by atoms with Crippen molar-refractivity contribution in [2.75, 3.05) is 13.2 Å². The van der Waals surface area contributed by atoms with Crippen LogP contribution in [0.5, 0.6) is 0 Å². The Labute approximate surface area is 136 Å². The van der Waals surface area contributed by atoms with Gasteiger partial charge in [0, 0.05) is 11.6 Å². The van der Waals surface area contributed by atoms with Gasteiger partial charge < -0.3 is 15.4 Å². The van der Waals surface area contributed by atoms with Gasteiger partial charge in [0.25, 0.3) is 0 Å². The molecule has 0 spiro atoms. The molecule has 5 nitrogen and oxygen atoms in total. The van der Waals surface area contributed by atoms with Gasteiger partial charge in [-0.1, -0.05) is 37.6 Å². The second-order valence-corrected chi connectivity index (χ2v) is 5.69. The molecule has 0 aromatic heterocycles. The van der Waals surface area contributed by atoms with Crippen molar-refractivity contribution in [3.05, 3.63) is 34.9 Å². The number of amides is 2. The molecule has 0 heterocycles. The Bertz CT molecular complexity index is 506. The highest BCUT2D eigenvalue weighted by Gasteiger charge is 2.24. The number of benzene rings is 1. The zero-order chi connectivity index (χ0) is 16.5. The van der Waals surface area contributed by atoms with Gasteiger partial charge in [-0.2, -0.15) is 0 Å². The maximum Gasteiger partial charge on any atom is 0.407 e. The van der Waals surface area contributed by atoms with E-state index < -0.39 is 12.1 Å². The Morgan fingerprint density at radius 3 is 2.64 bits per heavy atom. The Kier molecular flexibility index (Phi) is 7.74. The molecule has 0 radical (unpaired) electrons. The maximum atomic E-state index is 12.2. The lowest BCUT2D eigenvalue weighted by Gasteiger charge is -2.21. The standard InChI is InChI=1S/C16H23ClN2O3/c1-4-22-16(21)19-14(11(2)3)15(20)18-9-8-12-6-5-7-13(17)10-12/h5-7,10-11,14H,4,8-9H2,1-3H3,(H,18,20)(H,19,21)/t14-/m1/s1. The summed E-state index contributed by atoms with van der Waals surface area (Å²) >= 11 is 5.92. The van der Waals surface area contributed by atoms with Crippen LogP contribution in [0, 0.1) is 5.92 Å². The Hall–Kier alpha value is -1.75. The number of carbonyl (C=O) groups excluding carboxylic acids is 2. The van der Waals surface area contributed by atoms with E-state index in [9.17, 15) is 9.59 Å². The van der Waals surface area contributed by atoms with Crippen LogP contribution >= 0.6 is 11.6 Å². The van der Waals surface area contributed by atoms with Gasteiger partial charge in [-0.3, -0.25) is 4.79 Å². The van der Waals surface area contributed by atoms with Crippen molar-refractivity contribution < 1.29 is 14.3 Å². The topological polar surface area (TPSA) is 67.4 Å². The van der Waals surface area contributed by atoms with Crippen LogP contribution in [0.1, 0.15) is 26.3 Å². The van der Waals surface area contributed by atoms with E-state index in [0.29, 0.717) is 18.0 Å². The summed E-state index contributed by atoms with van der Waals surface area (Å²) in [6, 6.07) is 6.89. The molecular formula is C16H23ClN2O3. The summed E-state index contributed by atoms with van der Waals surface area (Å²) in [6.07, 6.45) is 0.0995. The van der Waals surface area contributed by atoms with Gasteiger partial charge in [0.15, 0.2) is 0 Å². The van der Waals surface area contributed by atoms with Gasteiger partial charge in [-0.25, -0.2) is 4.79 Å². The monoisotopic (exact) mass is 326 g/mol. The molecule has 0 saturated heterocycles. The number of carbonyl (C=O) groups is 2. The third kappa shape index (κ3) is 6.35. The summed E-state index contributed by atoms with van der Waals surface area (Å²) in [4.78, 5) is 23.6.